The van der Waals surface area contributed by atoms with Crippen molar-refractivity contribution in [3.63, 3.8) is 0 Å². The maximum absolute atomic E-state index is 12.3. The number of likely N-dealkylation sites (N-methyl/N-ethyl adjacent to an activating group) is 1. The Morgan fingerprint density at radius 2 is 1.90 bits per heavy atom. The second-order valence-corrected chi connectivity index (χ2v) is 4.69. The minimum Gasteiger partial charge on any atom is -0.352 e. The Kier molecular flexibility index (Phi) is 5.77. The zero-order valence-electron chi connectivity index (χ0n) is 12.0. The monoisotopic (exact) mass is 275 g/mol. The Hall–Kier alpha value is -2.30. The Labute approximate surface area is 119 Å². The van der Waals surface area contributed by atoms with Crippen LogP contribution in [0.1, 0.15) is 29.8 Å². The lowest BCUT2D eigenvalue weighted by Crippen LogP contribution is -2.32. The third-order valence-corrected chi connectivity index (χ3v) is 2.80. The molecule has 0 aliphatic rings. The predicted octanol–water partition coefficient (Wildman–Crippen LogP) is 1.89. The largest absolute Gasteiger partial charge is 0.352 e. The first kappa shape index (κ1) is 15.8. The van der Waals surface area contributed by atoms with Crippen LogP contribution in [-0.2, 0) is 6.54 Å². The molecule has 3 amide bonds. The van der Waals surface area contributed by atoms with E-state index in [-0.39, 0.29) is 5.91 Å². The molecule has 0 radical (unpaired) electrons. The molecule has 0 aromatic heterocycles. The first-order valence-corrected chi connectivity index (χ1v) is 6.50. The Morgan fingerprint density at radius 1 is 1.30 bits per heavy atom. The molecule has 20 heavy (non-hydrogen) atoms. The smallest absolute Gasteiger partial charge is 0.312 e. The van der Waals surface area contributed by atoms with E-state index in [1.165, 1.54) is 0 Å². The quantitative estimate of drug-likeness (QED) is 0.778. The molecule has 0 aliphatic carbocycles. The highest BCUT2D eigenvalue weighted by molar-refractivity contribution is 5.94. The number of hydrogen-bond acceptors (Lipinski definition) is 2. The third-order valence-electron chi connectivity index (χ3n) is 2.80. The molecule has 108 valence electrons. The highest BCUT2D eigenvalue weighted by Crippen LogP contribution is 2.09. The summed E-state index contributed by atoms with van der Waals surface area (Å²) in [5.41, 5.74) is 7.46. The number of carbonyl (C=O) groups is 2. The molecule has 0 aliphatic heterocycles. The summed E-state index contributed by atoms with van der Waals surface area (Å²) < 4.78 is 0. The topological polar surface area (TPSA) is 75.4 Å². The van der Waals surface area contributed by atoms with Gasteiger partial charge in [-0.15, -0.1) is 0 Å². The molecule has 0 unspecified atom stereocenters. The van der Waals surface area contributed by atoms with E-state index in [1.807, 2.05) is 13.8 Å². The summed E-state index contributed by atoms with van der Waals surface area (Å²) in [6.07, 6.45) is 0. The van der Waals surface area contributed by atoms with Gasteiger partial charge in [0.2, 0.25) is 0 Å². The Bertz CT molecular complexity index is 494. The molecule has 0 bridgehead atoms. The highest BCUT2D eigenvalue weighted by atomic mass is 16.2. The van der Waals surface area contributed by atoms with E-state index in [1.54, 1.807) is 29.2 Å². The summed E-state index contributed by atoms with van der Waals surface area (Å²) in [5, 5.41) is 2.50. The van der Waals surface area contributed by atoms with Crippen LogP contribution >= 0.6 is 0 Å². The molecule has 0 saturated heterocycles. The number of rotatable bonds is 6. The minimum absolute atomic E-state index is 0.0232. The lowest BCUT2D eigenvalue weighted by atomic mass is 10.1. The van der Waals surface area contributed by atoms with E-state index < -0.39 is 6.03 Å². The van der Waals surface area contributed by atoms with Crippen molar-refractivity contribution in [2.24, 2.45) is 5.73 Å². The van der Waals surface area contributed by atoms with Crippen LogP contribution in [0.3, 0.4) is 0 Å². The number of nitrogens with zero attached hydrogens (tertiary/aromatic N) is 1. The summed E-state index contributed by atoms with van der Waals surface area (Å²) in [4.78, 5) is 24.6. The molecule has 0 heterocycles. The van der Waals surface area contributed by atoms with Crippen molar-refractivity contribution in [2.45, 2.75) is 20.4 Å². The number of primary amides is 1. The van der Waals surface area contributed by atoms with Crippen LogP contribution in [0.4, 0.5) is 4.79 Å². The highest BCUT2D eigenvalue weighted by Gasteiger charge is 2.13. The molecule has 1 rings (SSSR count). The zero-order valence-corrected chi connectivity index (χ0v) is 12.0. The third kappa shape index (κ3) is 4.76. The fourth-order valence-electron chi connectivity index (χ4n) is 1.79. The predicted molar refractivity (Wildman–Crippen MR) is 79.3 cm³/mol. The van der Waals surface area contributed by atoms with Gasteiger partial charge in [-0.1, -0.05) is 24.3 Å². The summed E-state index contributed by atoms with van der Waals surface area (Å²) in [5.74, 6) is -0.0232. The van der Waals surface area contributed by atoms with Gasteiger partial charge in [0.05, 0.1) is 0 Å². The first-order valence-electron chi connectivity index (χ1n) is 6.50. The molecular formula is C15H21N3O2. The first-order chi connectivity index (χ1) is 9.43. The van der Waals surface area contributed by atoms with Crippen LogP contribution in [0.25, 0.3) is 0 Å². The van der Waals surface area contributed by atoms with Gasteiger partial charge in [0.15, 0.2) is 0 Å². The Balaban J connectivity index is 2.73. The van der Waals surface area contributed by atoms with Gasteiger partial charge >= 0.3 is 6.03 Å². The number of benzene rings is 1. The van der Waals surface area contributed by atoms with E-state index in [9.17, 15) is 9.59 Å². The standard InChI is InChI=1S/C15H21N3O2/c1-4-18(10-11(2)3)14(19)13-7-5-12(6-8-13)9-17-15(16)20/h5-8H,2,4,9-10H2,1,3H3,(H3,16,17,20). The van der Waals surface area contributed by atoms with E-state index >= 15 is 0 Å². The van der Waals surface area contributed by atoms with E-state index in [0.29, 0.717) is 25.2 Å². The van der Waals surface area contributed by atoms with Crippen molar-refractivity contribution in [2.75, 3.05) is 13.1 Å². The van der Waals surface area contributed by atoms with Crippen molar-refractivity contribution in [1.29, 1.82) is 0 Å². The lowest BCUT2D eigenvalue weighted by molar-refractivity contribution is 0.0778. The van der Waals surface area contributed by atoms with Crippen LogP contribution in [0.5, 0.6) is 0 Å². The maximum atomic E-state index is 12.3. The van der Waals surface area contributed by atoms with Gasteiger partial charge in [-0.3, -0.25) is 4.79 Å². The molecule has 0 fully saturated rings. The second-order valence-electron chi connectivity index (χ2n) is 4.69. The summed E-state index contributed by atoms with van der Waals surface area (Å²) in [6.45, 7) is 9.21. The lowest BCUT2D eigenvalue weighted by Gasteiger charge is -2.21. The van der Waals surface area contributed by atoms with E-state index in [0.717, 1.165) is 11.1 Å². The second kappa shape index (κ2) is 7.33. The molecule has 0 spiro atoms. The molecule has 5 heteroatoms. The van der Waals surface area contributed by atoms with Crippen molar-refractivity contribution in [1.82, 2.24) is 10.2 Å². The van der Waals surface area contributed by atoms with Gasteiger partial charge in [-0.05, 0) is 31.5 Å². The molecule has 5 nitrogen and oxygen atoms in total. The number of carbonyl (C=O) groups excluding carboxylic acids is 2. The normalized spacial score (nSPS) is 9.90. The van der Waals surface area contributed by atoms with Gasteiger partial charge in [0.1, 0.15) is 0 Å². The molecule has 1 aromatic carbocycles. The van der Waals surface area contributed by atoms with Gasteiger partial charge in [0, 0.05) is 25.2 Å². The molecule has 1 aromatic rings. The van der Waals surface area contributed by atoms with E-state index in [4.69, 9.17) is 5.73 Å². The Morgan fingerprint density at radius 3 is 2.35 bits per heavy atom. The number of hydrogen-bond donors (Lipinski definition) is 2. The number of amides is 3. The average Bonchev–Trinajstić information content (AvgIpc) is 2.42. The van der Waals surface area contributed by atoms with Gasteiger partial charge in [-0.25, -0.2) is 4.79 Å². The average molecular weight is 275 g/mol. The van der Waals surface area contributed by atoms with Crippen LogP contribution in [0.15, 0.2) is 36.4 Å². The molecule has 0 atom stereocenters. The molecule has 3 N–H and O–H groups in total. The number of urea groups is 1. The fraction of sp³-hybridized carbons (Fsp3) is 0.333. The van der Waals surface area contributed by atoms with Crippen LogP contribution in [0, 0.1) is 0 Å². The van der Waals surface area contributed by atoms with E-state index in [2.05, 4.69) is 11.9 Å². The van der Waals surface area contributed by atoms with Crippen molar-refractivity contribution < 1.29 is 9.59 Å². The molecule has 0 saturated carbocycles. The van der Waals surface area contributed by atoms with Crippen LogP contribution in [0.2, 0.25) is 0 Å². The maximum Gasteiger partial charge on any atom is 0.312 e. The van der Waals surface area contributed by atoms with Crippen LogP contribution in [-0.4, -0.2) is 29.9 Å². The summed E-state index contributed by atoms with van der Waals surface area (Å²) in [7, 11) is 0. The summed E-state index contributed by atoms with van der Waals surface area (Å²) in [6, 6.07) is 6.54. The van der Waals surface area contributed by atoms with Crippen LogP contribution < -0.4 is 11.1 Å². The van der Waals surface area contributed by atoms with Crippen molar-refractivity contribution in [3.8, 4) is 0 Å². The zero-order chi connectivity index (χ0) is 15.1. The van der Waals surface area contributed by atoms with Crippen molar-refractivity contribution >= 4 is 11.9 Å². The van der Waals surface area contributed by atoms with Gasteiger partial charge in [0.25, 0.3) is 5.91 Å². The SMILES string of the molecule is C=C(C)CN(CC)C(=O)c1ccc(CNC(N)=O)cc1. The summed E-state index contributed by atoms with van der Waals surface area (Å²) >= 11 is 0. The number of nitrogens with two attached hydrogens (primary N) is 1. The van der Waals surface area contributed by atoms with Crippen molar-refractivity contribution in [3.05, 3.63) is 47.5 Å². The van der Waals surface area contributed by atoms with Gasteiger partial charge in [-0.2, -0.15) is 0 Å². The number of nitrogens with one attached hydrogen (secondary N) is 1. The molecular weight excluding hydrogens is 254 g/mol. The fourth-order valence-corrected chi connectivity index (χ4v) is 1.79. The minimum atomic E-state index is -0.566. The van der Waals surface area contributed by atoms with Gasteiger partial charge < -0.3 is 16.0 Å².